The summed E-state index contributed by atoms with van der Waals surface area (Å²) < 4.78 is 5.02. The number of hydrogen-bond acceptors (Lipinski definition) is 3. The summed E-state index contributed by atoms with van der Waals surface area (Å²) in [4.78, 5) is 10.0. The molecule has 1 aromatic carbocycles. The van der Waals surface area contributed by atoms with E-state index in [9.17, 15) is 10.1 Å². The minimum atomic E-state index is -0.524. The lowest BCUT2D eigenvalue weighted by Crippen LogP contribution is -1.95. The van der Waals surface area contributed by atoms with Crippen LogP contribution in [-0.2, 0) is 6.42 Å². The van der Waals surface area contributed by atoms with Crippen molar-refractivity contribution in [3.8, 4) is 5.75 Å². The Kier molecular flexibility index (Phi) is 3.30. The van der Waals surface area contributed by atoms with Crippen molar-refractivity contribution in [3.05, 3.63) is 32.8 Å². The minimum absolute atomic E-state index is 0.124. The molecule has 0 atom stereocenters. The van der Waals surface area contributed by atoms with Crippen LogP contribution in [0.25, 0.3) is 0 Å². The summed E-state index contributed by atoms with van der Waals surface area (Å²) in [6.45, 7) is 1.93. The molecule has 5 heteroatoms. The molecule has 0 unspecified atom stereocenters. The molecule has 1 aromatic rings. The van der Waals surface area contributed by atoms with E-state index in [0.717, 1.165) is 12.0 Å². The van der Waals surface area contributed by atoms with E-state index < -0.39 is 4.92 Å². The van der Waals surface area contributed by atoms with Crippen molar-refractivity contribution in [2.24, 2.45) is 0 Å². The SMILES string of the molecule is CCc1cc(Cl)c([N+](=O)[O-])cc1OC. The molecule has 0 fully saturated rings. The highest BCUT2D eigenvalue weighted by atomic mass is 35.5. The van der Waals surface area contributed by atoms with Gasteiger partial charge >= 0.3 is 0 Å². The van der Waals surface area contributed by atoms with Crippen LogP contribution >= 0.6 is 11.6 Å². The molecule has 0 bridgehead atoms. The monoisotopic (exact) mass is 215 g/mol. The van der Waals surface area contributed by atoms with E-state index in [1.807, 2.05) is 6.92 Å². The van der Waals surface area contributed by atoms with Gasteiger partial charge in [0.05, 0.1) is 18.1 Å². The number of rotatable bonds is 3. The van der Waals surface area contributed by atoms with Crippen molar-refractivity contribution in [2.75, 3.05) is 7.11 Å². The minimum Gasteiger partial charge on any atom is -0.496 e. The Balaban J connectivity index is 3.30. The Labute approximate surface area is 86.6 Å². The fourth-order valence-corrected chi connectivity index (χ4v) is 1.45. The third-order valence-electron chi connectivity index (χ3n) is 1.93. The van der Waals surface area contributed by atoms with Crippen LogP contribution in [0.15, 0.2) is 12.1 Å². The molecule has 1 rings (SSSR count). The number of halogens is 1. The first-order chi connectivity index (χ1) is 6.60. The van der Waals surface area contributed by atoms with Gasteiger partial charge in [0.25, 0.3) is 5.69 Å². The van der Waals surface area contributed by atoms with Crippen LogP contribution in [0.1, 0.15) is 12.5 Å². The van der Waals surface area contributed by atoms with Gasteiger partial charge in [-0.05, 0) is 18.1 Å². The number of benzene rings is 1. The van der Waals surface area contributed by atoms with Crippen molar-refractivity contribution < 1.29 is 9.66 Å². The Bertz CT molecular complexity index is 365. The van der Waals surface area contributed by atoms with E-state index in [4.69, 9.17) is 16.3 Å². The summed E-state index contributed by atoms with van der Waals surface area (Å²) in [5.41, 5.74) is 0.740. The lowest BCUT2D eigenvalue weighted by molar-refractivity contribution is -0.384. The third-order valence-corrected chi connectivity index (χ3v) is 2.23. The summed E-state index contributed by atoms with van der Waals surface area (Å²) in [6.07, 6.45) is 0.723. The molecular weight excluding hydrogens is 206 g/mol. The van der Waals surface area contributed by atoms with Crippen molar-refractivity contribution in [1.29, 1.82) is 0 Å². The summed E-state index contributed by atoms with van der Waals surface area (Å²) in [6, 6.07) is 2.92. The number of nitro groups is 1. The second kappa shape index (κ2) is 4.28. The van der Waals surface area contributed by atoms with Gasteiger partial charge in [-0.15, -0.1) is 0 Å². The van der Waals surface area contributed by atoms with Crippen LogP contribution in [-0.4, -0.2) is 12.0 Å². The van der Waals surface area contributed by atoms with Crippen LogP contribution in [0.2, 0.25) is 5.02 Å². The van der Waals surface area contributed by atoms with Gasteiger partial charge in [-0.1, -0.05) is 18.5 Å². The maximum atomic E-state index is 10.6. The summed E-state index contributed by atoms with van der Waals surface area (Å²) >= 11 is 5.73. The van der Waals surface area contributed by atoms with Crippen LogP contribution in [0, 0.1) is 10.1 Å². The highest BCUT2D eigenvalue weighted by molar-refractivity contribution is 6.32. The molecule has 0 amide bonds. The zero-order valence-electron chi connectivity index (χ0n) is 7.91. The van der Waals surface area contributed by atoms with E-state index >= 15 is 0 Å². The zero-order valence-corrected chi connectivity index (χ0v) is 8.67. The van der Waals surface area contributed by atoms with Crippen molar-refractivity contribution >= 4 is 17.3 Å². The van der Waals surface area contributed by atoms with Crippen molar-refractivity contribution in [3.63, 3.8) is 0 Å². The predicted octanol–water partition coefficient (Wildman–Crippen LogP) is 2.82. The first-order valence-electron chi connectivity index (χ1n) is 4.11. The third kappa shape index (κ3) is 1.96. The number of hydrogen-bond donors (Lipinski definition) is 0. The molecular formula is C9H10ClNO3. The summed E-state index contributed by atoms with van der Waals surface area (Å²) in [5, 5.41) is 10.7. The number of ether oxygens (including phenoxy) is 1. The molecule has 0 N–H and O–H groups in total. The second-order valence-corrected chi connectivity index (χ2v) is 3.13. The molecule has 76 valence electrons. The van der Waals surface area contributed by atoms with Gasteiger partial charge in [-0.3, -0.25) is 10.1 Å². The predicted molar refractivity (Wildman–Crippen MR) is 54.0 cm³/mol. The molecule has 0 aromatic heterocycles. The number of methoxy groups -OCH3 is 1. The van der Waals surface area contributed by atoms with Crippen LogP contribution in [0.5, 0.6) is 5.75 Å². The first kappa shape index (κ1) is 10.8. The van der Waals surface area contributed by atoms with E-state index in [-0.39, 0.29) is 10.7 Å². The van der Waals surface area contributed by atoms with E-state index in [1.165, 1.54) is 13.2 Å². The van der Waals surface area contributed by atoms with Crippen LogP contribution in [0.3, 0.4) is 0 Å². The lowest BCUT2D eigenvalue weighted by Gasteiger charge is -2.06. The topological polar surface area (TPSA) is 52.4 Å². The van der Waals surface area contributed by atoms with Crippen molar-refractivity contribution in [2.45, 2.75) is 13.3 Å². The molecule has 0 heterocycles. The fraction of sp³-hybridized carbons (Fsp3) is 0.333. The highest BCUT2D eigenvalue weighted by Gasteiger charge is 2.16. The normalized spacial score (nSPS) is 9.93. The van der Waals surface area contributed by atoms with E-state index in [2.05, 4.69) is 0 Å². The van der Waals surface area contributed by atoms with Gasteiger partial charge in [-0.2, -0.15) is 0 Å². The Hall–Kier alpha value is -1.29. The molecule has 14 heavy (non-hydrogen) atoms. The maximum absolute atomic E-state index is 10.6. The van der Waals surface area contributed by atoms with Crippen molar-refractivity contribution in [1.82, 2.24) is 0 Å². The Morgan fingerprint density at radius 3 is 2.64 bits per heavy atom. The molecule has 0 saturated heterocycles. The average Bonchev–Trinajstić information content (AvgIpc) is 2.16. The van der Waals surface area contributed by atoms with Gasteiger partial charge in [0, 0.05) is 0 Å². The summed E-state index contributed by atoms with van der Waals surface area (Å²) in [5.74, 6) is 0.503. The molecule has 0 aliphatic carbocycles. The number of nitro benzene ring substituents is 1. The number of aryl methyl sites for hydroxylation is 1. The molecule has 0 aliphatic heterocycles. The van der Waals surface area contributed by atoms with Gasteiger partial charge < -0.3 is 4.74 Å². The Morgan fingerprint density at radius 1 is 1.57 bits per heavy atom. The fourth-order valence-electron chi connectivity index (χ4n) is 1.19. The largest absolute Gasteiger partial charge is 0.496 e. The van der Waals surface area contributed by atoms with E-state index in [0.29, 0.717) is 5.75 Å². The molecule has 4 nitrogen and oxygen atoms in total. The summed E-state index contributed by atoms with van der Waals surface area (Å²) in [7, 11) is 1.48. The highest BCUT2D eigenvalue weighted by Crippen LogP contribution is 2.32. The average molecular weight is 216 g/mol. The molecule has 0 spiro atoms. The van der Waals surface area contributed by atoms with Gasteiger partial charge in [0.1, 0.15) is 10.8 Å². The molecule has 0 radical (unpaired) electrons. The zero-order chi connectivity index (χ0) is 10.7. The van der Waals surface area contributed by atoms with Crippen LogP contribution < -0.4 is 4.74 Å². The maximum Gasteiger partial charge on any atom is 0.291 e. The lowest BCUT2D eigenvalue weighted by atomic mass is 10.1. The quantitative estimate of drug-likeness (QED) is 0.576. The molecule has 0 saturated carbocycles. The van der Waals surface area contributed by atoms with E-state index in [1.54, 1.807) is 6.07 Å². The molecule has 0 aliphatic rings. The number of nitrogens with zero attached hydrogens (tertiary/aromatic N) is 1. The van der Waals surface area contributed by atoms with Gasteiger partial charge in [-0.25, -0.2) is 0 Å². The second-order valence-electron chi connectivity index (χ2n) is 2.73. The standard InChI is InChI=1S/C9H10ClNO3/c1-3-6-4-7(10)8(11(12)13)5-9(6)14-2/h4-5H,3H2,1-2H3. The van der Waals surface area contributed by atoms with Gasteiger partial charge in [0.2, 0.25) is 0 Å². The smallest absolute Gasteiger partial charge is 0.291 e. The van der Waals surface area contributed by atoms with Crippen LogP contribution in [0.4, 0.5) is 5.69 Å². The Morgan fingerprint density at radius 2 is 2.21 bits per heavy atom. The van der Waals surface area contributed by atoms with Gasteiger partial charge in [0.15, 0.2) is 0 Å². The first-order valence-corrected chi connectivity index (χ1v) is 4.48.